The van der Waals surface area contributed by atoms with E-state index in [1.54, 1.807) is 12.1 Å². The molecule has 1 heterocycles. The van der Waals surface area contributed by atoms with Crippen LogP contribution in [0.1, 0.15) is 86.4 Å². The van der Waals surface area contributed by atoms with E-state index in [0.717, 1.165) is 61.3 Å². The van der Waals surface area contributed by atoms with Crippen molar-refractivity contribution >= 4 is 35.1 Å². The van der Waals surface area contributed by atoms with E-state index in [0.29, 0.717) is 146 Å². The number of aryl methyl sites for hydroxylation is 2. The van der Waals surface area contributed by atoms with Crippen LogP contribution >= 0.6 is 0 Å². The van der Waals surface area contributed by atoms with Gasteiger partial charge in [-0.15, -0.1) is 0 Å². The number of amides is 3. The number of hydrogen-bond donors (Lipinski definition) is 4. The Morgan fingerprint density at radius 1 is 0.524 bits per heavy atom. The minimum absolute atomic E-state index is 0.0215. The lowest BCUT2D eigenvalue weighted by atomic mass is 10.0. The number of hydrogen-bond acceptors (Lipinski definition) is 14. The predicted molar refractivity (Wildman–Crippen MR) is 304 cm³/mol. The van der Waals surface area contributed by atoms with Crippen LogP contribution in [0.15, 0.2) is 109 Å². The molecule has 4 N–H and O–H groups in total. The molecule has 18 nitrogen and oxygen atoms in total. The van der Waals surface area contributed by atoms with Gasteiger partial charge in [-0.1, -0.05) is 36.4 Å². The number of pyridine rings is 1. The number of anilines is 2. The van der Waals surface area contributed by atoms with Gasteiger partial charge in [0.25, 0.3) is 17.7 Å². The number of carboxylic acids is 1. The molecular formula is C61H78F3N5O13. The second-order valence-electron chi connectivity index (χ2n) is 18.6. The van der Waals surface area contributed by atoms with E-state index in [4.69, 9.17) is 43.0 Å². The number of carbonyl (C=O) groups excluding carboxylic acids is 3. The molecule has 0 radical (unpaired) electrons. The molecule has 446 valence electrons. The lowest BCUT2D eigenvalue weighted by molar-refractivity contribution is -0.139. The summed E-state index contributed by atoms with van der Waals surface area (Å²) in [6.45, 7) is 12.4. The zero-order chi connectivity index (χ0) is 58.6. The smallest absolute Gasteiger partial charge is 0.416 e. The van der Waals surface area contributed by atoms with Crippen molar-refractivity contribution < 1.29 is 75.4 Å². The number of nitrogens with zero attached hydrogens (tertiary/aromatic N) is 2. The molecule has 5 aromatic rings. The SMILES string of the molecule is CCN(CC)c1ccc(NC(=O)c2cccc(CCCOCCOCCOCCOCCNC(=O)c3ccc(CCCOCCOCCOCCOCCC(=O)O)cc3)c2)c(-c2cc(C(=O)NCc3cccc(C(F)(F)F)c3)ccn2)c1. The van der Waals surface area contributed by atoms with Gasteiger partial charge >= 0.3 is 12.1 Å². The highest BCUT2D eigenvalue weighted by molar-refractivity contribution is 6.06. The number of ether oxygens (including phenoxy) is 8. The number of aromatic nitrogens is 1. The molecular weight excluding hydrogens is 1070 g/mol. The predicted octanol–water partition coefficient (Wildman–Crippen LogP) is 8.70. The number of carboxylic acid groups (broad SMARTS) is 1. The van der Waals surface area contributed by atoms with Crippen molar-refractivity contribution in [3.63, 3.8) is 0 Å². The lowest BCUT2D eigenvalue weighted by Crippen LogP contribution is -2.27. The first-order valence-electron chi connectivity index (χ1n) is 27.8. The molecule has 82 heavy (non-hydrogen) atoms. The highest BCUT2D eigenvalue weighted by Crippen LogP contribution is 2.33. The second kappa shape index (κ2) is 38.0. The number of alkyl halides is 3. The molecule has 0 aliphatic carbocycles. The average Bonchev–Trinajstić information content (AvgIpc) is 3.66. The van der Waals surface area contributed by atoms with Crippen LogP contribution in [0.4, 0.5) is 24.5 Å². The number of aliphatic carboxylic acids is 1. The van der Waals surface area contributed by atoms with Gasteiger partial charge in [-0.05, 0) is 123 Å². The summed E-state index contributed by atoms with van der Waals surface area (Å²) in [7, 11) is 0. The van der Waals surface area contributed by atoms with Crippen LogP contribution in [-0.2, 0) is 68.3 Å². The number of nitrogens with one attached hydrogen (secondary N) is 3. The molecule has 0 fully saturated rings. The van der Waals surface area contributed by atoms with Crippen molar-refractivity contribution in [2.75, 3.05) is 136 Å². The van der Waals surface area contributed by atoms with Gasteiger partial charge in [0.05, 0.1) is 116 Å². The maximum absolute atomic E-state index is 13.8. The molecule has 0 aliphatic rings. The third kappa shape index (κ3) is 25.5. The van der Waals surface area contributed by atoms with E-state index < -0.39 is 23.6 Å². The Balaban J connectivity index is 0.884. The van der Waals surface area contributed by atoms with Crippen LogP contribution in [0.3, 0.4) is 0 Å². The van der Waals surface area contributed by atoms with E-state index in [1.165, 1.54) is 24.4 Å². The van der Waals surface area contributed by atoms with Crippen LogP contribution in [0, 0.1) is 0 Å². The molecule has 4 aromatic carbocycles. The normalized spacial score (nSPS) is 11.4. The van der Waals surface area contributed by atoms with Crippen molar-refractivity contribution in [2.24, 2.45) is 0 Å². The maximum atomic E-state index is 13.8. The first kappa shape index (κ1) is 66.0. The maximum Gasteiger partial charge on any atom is 0.416 e. The molecule has 0 saturated carbocycles. The van der Waals surface area contributed by atoms with Gasteiger partial charge in [0.2, 0.25) is 0 Å². The highest BCUT2D eigenvalue weighted by Gasteiger charge is 2.30. The van der Waals surface area contributed by atoms with Crippen LogP contribution in [-0.4, -0.2) is 159 Å². The van der Waals surface area contributed by atoms with Crippen LogP contribution in [0.25, 0.3) is 11.3 Å². The van der Waals surface area contributed by atoms with Gasteiger partial charge < -0.3 is 63.9 Å². The van der Waals surface area contributed by atoms with Crippen molar-refractivity contribution in [3.8, 4) is 11.3 Å². The molecule has 21 heteroatoms. The summed E-state index contributed by atoms with van der Waals surface area (Å²) >= 11 is 0. The van der Waals surface area contributed by atoms with Gasteiger partial charge in [0.15, 0.2) is 0 Å². The number of carbonyl (C=O) groups is 4. The van der Waals surface area contributed by atoms with Crippen molar-refractivity contribution in [2.45, 2.75) is 58.7 Å². The summed E-state index contributed by atoms with van der Waals surface area (Å²) in [6, 6.07) is 28.5. The minimum Gasteiger partial charge on any atom is -0.481 e. The standard InChI is InChI=1S/C61H78F3N5O13/c1-3-69(4-2)53-19-20-55(54(44-53)56-43-51(21-23-65-56)59(73)67-45-48-10-6-14-52(42-48)61(62,63)64)68-60(74)50-13-5-9-47(41-50)12-8-26-76-30-34-80-38-40-82-36-32-78-28-24-66-58(72)49-17-15-46(16-18-49)11-7-25-75-29-33-79-37-39-81-35-31-77-27-22-57(70)71/h5-6,9-10,13-21,23,41-44H,3-4,7-8,11-12,22,24-40,45H2,1-2H3,(H,66,72)(H,67,73)(H,68,74)(H,70,71). The Labute approximate surface area is 478 Å². The number of halogens is 3. The van der Waals surface area contributed by atoms with Gasteiger partial charge in [-0.2, -0.15) is 13.2 Å². The first-order valence-corrected chi connectivity index (χ1v) is 27.8. The van der Waals surface area contributed by atoms with Crippen molar-refractivity contribution in [1.82, 2.24) is 15.6 Å². The molecule has 1 aromatic heterocycles. The Hall–Kier alpha value is -6.82. The molecule has 0 saturated heterocycles. The fourth-order valence-electron chi connectivity index (χ4n) is 8.16. The summed E-state index contributed by atoms with van der Waals surface area (Å²) in [5.41, 5.74) is 5.28. The molecule has 0 spiro atoms. The van der Waals surface area contributed by atoms with Crippen LogP contribution < -0.4 is 20.9 Å². The molecule has 0 unspecified atom stereocenters. The first-order chi connectivity index (χ1) is 39.8. The molecule has 5 rings (SSSR count). The topological polar surface area (TPSA) is 215 Å². The van der Waals surface area contributed by atoms with E-state index in [9.17, 15) is 32.3 Å². The van der Waals surface area contributed by atoms with Gasteiger partial charge in [0.1, 0.15) is 0 Å². The van der Waals surface area contributed by atoms with Crippen molar-refractivity contribution in [1.29, 1.82) is 0 Å². The third-order valence-electron chi connectivity index (χ3n) is 12.5. The van der Waals surface area contributed by atoms with E-state index in [-0.39, 0.29) is 37.0 Å². The molecule has 0 bridgehead atoms. The molecule has 3 amide bonds. The van der Waals surface area contributed by atoms with Gasteiger partial charge in [-0.3, -0.25) is 24.2 Å². The summed E-state index contributed by atoms with van der Waals surface area (Å²) in [6.07, 6.45) is 0.0366. The largest absolute Gasteiger partial charge is 0.481 e. The van der Waals surface area contributed by atoms with E-state index >= 15 is 0 Å². The molecule has 0 aliphatic heterocycles. The number of rotatable bonds is 42. The zero-order valence-corrected chi connectivity index (χ0v) is 46.9. The summed E-state index contributed by atoms with van der Waals surface area (Å²) in [5, 5.41) is 17.2. The van der Waals surface area contributed by atoms with Crippen LogP contribution in [0.5, 0.6) is 0 Å². The number of benzene rings is 4. The Morgan fingerprint density at radius 3 is 1.66 bits per heavy atom. The fourth-order valence-corrected chi connectivity index (χ4v) is 8.16. The van der Waals surface area contributed by atoms with Crippen LogP contribution in [0.2, 0.25) is 0 Å². The fraction of sp³-hybridized carbons (Fsp3) is 0.459. The van der Waals surface area contributed by atoms with Gasteiger partial charge in [-0.25, -0.2) is 0 Å². The van der Waals surface area contributed by atoms with E-state index in [2.05, 4.69) is 25.8 Å². The summed E-state index contributed by atoms with van der Waals surface area (Å²) in [5.74, 6) is -1.88. The van der Waals surface area contributed by atoms with Crippen molar-refractivity contribution in [3.05, 3.63) is 148 Å². The Morgan fingerprint density at radius 2 is 1.06 bits per heavy atom. The molecule has 0 atom stereocenters. The quantitative estimate of drug-likeness (QED) is 0.0269. The summed E-state index contributed by atoms with van der Waals surface area (Å²) < 4.78 is 84.0. The highest BCUT2D eigenvalue weighted by atomic mass is 19.4. The third-order valence-corrected chi connectivity index (χ3v) is 12.5. The Kier molecular flexibility index (Phi) is 30.6. The lowest BCUT2D eigenvalue weighted by Gasteiger charge is -2.23. The van der Waals surface area contributed by atoms with E-state index in [1.807, 2.05) is 74.5 Å². The zero-order valence-electron chi connectivity index (χ0n) is 46.9. The second-order valence-corrected chi connectivity index (χ2v) is 18.6. The van der Waals surface area contributed by atoms with Gasteiger partial charge in [0, 0.05) is 73.5 Å². The Bertz CT molecular complexity index is 2680. The monoisotopic (exact) mass is 1150 g/mol. The summed E-state index contributed by atoms with van der Waals surface area (Å²) in [4.78, 5) is 56.7. The average molecular weight is 1150 g/mol. The minimum atomic E-state index is -4.50.